The molecule has 0 fully saturated rings. The largest absolute Gasteiger partial charge is 0.478 e. The van der Waals surface area contributed by atoms with Gasteiger partial charge < -0.3 is 9.47 Å². The van der Waals surface area contributed by atoms with Gasteiger partial charge in [-0.3, -0.25) is 0 Å². The number of benzene rings is 2. The molecule has 0 saturated carbocycles. The van der Waals surface area contributed by atoms with E-state index in [1.54, 1.807) is 0 Å². The van der Waals surface area contributed by atoms with Crippen molar-refractivity contribution >= 4 is 11.8 Å². The van der Waals surface area contributed by atoms with Gasteiger partial charge in [-0.15, -0.1) is 13.2 Å². The molecule has 2 heterocycles. The van der Waals surface area contributed by atoms with E-state index in [1.165, 1.54) is 0 Å². The quantitative estimate of drug-likeness (QED) is 0.565. The fraction of sp³-hybridized carbons (Fsp3) is 0.280. The molecule has 0 saturated heterocycles. The molecule has 0 unspecified atom stereocenters. The van der Waals surface area contributed by atoms with Crippen LogP contribution in [-0.2, 0) is 9.47 Å². The Kier molecular flexibility index (Phi) is 5.61. The monoisotopic (exact) mass is 386 g/mol. The Labute approximate surface area is 172 Å². The molecular weight excluding hydrogens is 360 g/mol. The van der Waals surface area contributed by atoms with E-state index in [1.807, 2.05) is 48.6 Å². The average molecular weight is 386 g/mol. The molecular formula is C25H26N2O2. The van der Waals surface area contributed by atoms with Gasteiger partial charge in [0.15, 0.2) is 0 Å². The van der Waals surface area contributed by atoms with E-state index >= 15 is 0 Å². The minimum Gasteiger partial charge on any atom is -0.478 e. The molecule has 2 aromatic rings. The third-order valence-electron chi connectivity index (χ3n) is 5.48. The zero-order valence-electron chi connectivity index (χ0n) is 16.5. The van der Waals surface area contributed by atoms with E-state index in [9.17, 15) is 0 Å². The lowest BCUT2D eigenvalue weighted by atomic mass is 9.80. The number of allylic oxidation sites excluding steroid dienone is 2. The van der Waals surface area contributed by atoms with Crippen LogP contribution < -0.4 is 0 Å². The minimum atomic E-state index is -0.601. The van der Waals surface area contributed by atoms with Crippen molar-refractivity contribution in [2.75, 3.05) is 13.2 Å². The van der Waals surface area contributed by atoms with Crippen LogP contribution in [0.15, 0.2) is 96.0 Å². The first-order chi connectivity index (χ1) is 14.3. The molecule has 0 spiro atoms. The minimum absolute atomic E-state index is 0.0212. The van der Waals surface area contributed by atoms with E-state index in [-0.39, 0.29) is 12.1 Å². The van der Waals surface area contributed by atoms with Crippen molar-refractivity contribution in [2.24, 2.45) is 15.4 Å². The summed E-state index contributed by atoms with van der Waals surface area (Å²) in [5.41, 5.74) is 1.69. The molecule has 2 aliphatic rings. The number of ether oxygens (including phenoxy) is 2. The standard InChI is InChI=1S/C25H26N2O2/c1-3-15-25(16-4-2,23-26-21(17-28-23)19-11-7-5-8-12-19)24-27-22(18-29-24)20-13-9-6-10-14-20/h3-14,21-22H,1-2,15-18H2/t21-,22-/m1/s1. The molecule has 0 radical (unpaired) electrons. The molecule has 0 amide bonds. The highest BCUT2D eigenvalue weighted by molar-refractivity contribution is 6.06. The molecule has 2 atom stereocenters. The number of nitrogens with zero attached hydrogens (tertiary/aromatic N) is 2. The van der Waals surface area contributed by atoms with Crippen molar-refractivity contribution in [1.82, 2.24) is 0 Å². The van der Waals surface area contributed by atoms with Crippen LogP contribution >= 0.6 is 0 Å². The van der Waals surface area contributed by atoms with E-state index in [0.717, 1.165) is 11.1 Å². The summed E-state index contributed by atoms with van der Waals surface area (Å²) in [7, 11) is 0. The van der Waals surface area contributed by atoms with Crippen LogP contribution in [0.25, 0.3) is 0 Å². The fourth-order valence-electron chi connectivity index (χ4n) is 3.98. The third kappa shape index (κ3) is 3.75. The molecule has 148 valence electrons. The van der Waals surface area contributed by atoms with Gasteiger partial charge in [-0.05, 0) is 24.0 Å². The summed E-state index contributed by atoms with van der Waals surface area (Å²) in [4.78, 5) is 9.90. The van der Waals surface area contributed by atoms with E-state index in [4.69, 9.17) is 19.5 Å². The second-order valence-corrected chi connectivity index (χ2v) is 7.41. The van der Waals surface area contributed by atoms with Crippen molar-refractivity contribution in [3.8, 4) is 0 Å². The Morgan fingerprint density at radius 3 is 1.55 bits per heavy atom. The topological polar surface area (TPSA) is 43.2 Å². The fourth-order valence-corrected chi connectivity index (χ4v) is 3.98. The summed E-state index contributed by atoms with van der Waals surface area (Å²) in [6, 6.07) is 20.4. The summed E-state index contributed by atoms with van der Waals surface area (Å²) >= 11 is 0. The number of aliphatic imine (C=N–C) groups is 2. The number of hydrogen-bond donors (Lipinski definition) is 0. The second kappa shape index (κ2) is 8.48. The number of hydrogen-bond acceptors (Lipinski definition) is 4. The molecule has 0 N–H and O–H groups in total. The van der Waals surface area contributed by atoms with Gasteiger partial charge in [0.2, 0.25) is 11.8 Å². The van der Waals surface area contributed by atoms with Gasteiger partial charge in [-0.1, -0.05) is 72.8 Å². The lowest BCUT2D eigenvalue weighted by Gasteiger charge is -2.30. The molecule has 4 nitrogen and oxygen atoms in total. The second-order valence-electron chi connectivity index (χ2n) is 7.41. The average Bonchev–Trinajstić information content (AvgIpc) is 3.46. The predicted octanol–water partition coefficient (Wildman–Crippen LogP) is 5.47. The highest BCUT2D eigenvalue weighted by atomic mass is 16.5. The Bertz CT molecular complexity index is 841. The Hall–Kier alpha value is -3.14. The van der Waals surface area contributed by atoms with Crippen LogP contribution in [0, 0.1) is 5.41 Å². The third-order valence-corrected chi connectivity index (χ3v) is 5.48. The maximum atomic E-state index is 6.14. The van der Waals surface area contributed by atoms with Gasteiger partial charge >= 0.3 is 0 Å². The van der Waals surface area contributed by atoms with Crippen molar-refractivity contribution < 1.29 is 9.47 Å². The lowest BCUT2D eigenvalue weighted by molar-refractivity contribution is 0.252. The molecule has 4 heteroatoms. The molecule has 2 aromatic carbocycles. The summed E-state index contributed by atoms with van der Waals surface area (Å²) in [5, 5.41) is 0. The van der Waals surface area contributed by atoms with Crippen LogP contribution in [0.2, 0.25) is 0 Å². The molecule has 29 heavy (non-hydrogen) atoms. The van der Waals surface area contributed by atoms with Crippen molar-refractivity contribution in [2.45, 2.75) is 24.9 Å². The van der Waals surface area contributed by atoms with E-state index in [0.29, 0.717) is 37.9 Å². The van der Waals surface area contributed by atoms with Crippen LogP contribution in [0.1, 0.15) is 36.1 Å². The van der Waals surface area contributed by atoms with Crippen LogP contribution in [0.5, 0.6) is 0 Å². The number of rotatable bonds is 8. The summed E-state index contributed by atoms with van der Waals surface area (Å²) in [6.07, 6.45) is 5.01. The predicted molar refractivity (Wildman–Crippen MR) is 117 cm³/mol. The Morgan fingerprint density at radius 2 is 1.17 bits per heavy atom. The molecule has 0 aliphatic carbocycles. The first kappa shape index (κ1) is 19.2. The highest BCUT2D eigenvalue weighted by Gasteiger charge is 2.47. The summed E-state index contributed by atoms with van der Waals surface area (Å²) in [5.74, 6) is 1.33. The molecule has 2 aliphatic heterocycles. The van der Waals surface area contributed by atoms with Gasteiger partial charge in [-0.2, -0.15) is 0 Å². The van der Waals surface area contributed by atoms with Gasteiger partial charge in [0, 0.05) is 0 Å². The Balaban J connectivity index is 1.70. The maximum Gasteiger partial charge on any atom is 0.200 e. The molecule has 0 aromatic heterocycles. The van der Waals surface area contributed by atoms with Crippen LogP contribution in [-0.4, -0.2) is 25.0 Å². The van der Waals surface area contributed by atoms with Crippen molar-refractivity contribution in [1.29, 1.82) is 0 Å². The molecule has 4 rings (SSSR count). The smallest absolute Gasteiger partial charge is 0.200 e. The van der Waals surface area contributed by atoms with Gasteiger partial charge in [0.25, 0.3) is 0 Å². The lowest BCUT2D eigenvalue weighted by Crippen LogP contribution is -2.39. The van der Waals surface area contributed by atoms with Gasteiger partial charge in [0.1, 0.15) is 30.7 Å². The van der Waals surface area contributed by atoms with Gasteiger partial charge in [-0.25, -0.2) is 9.98 Å². The summed E-state index contributed by atoms with van der Waals surface area (Å²) in [6.45, 7) is 8.98. The van der Waals surface area contributed by atoms with Crippen molar-refractivity contribution in [3.05, 3.63) is 97.1 Å². The van der Waals surface area contributed by atoms with Gasteiger partial charge in [0.05, 0.1) is 0 Å². The first-order valence-electron chi connectivity index (χ1n) is 10.0. The van der Waals surface area contributed by atoms with Crippen LogP contribution in [0.3, 0.4) is 0 Å². The summed E-state index contributed by atoms with van der Waals surface area (Å²) < 4.78 is 12.3. The first-order valence-corrected chi connectivity index (χ1v) is 10.0. The zero-order chi connectivity index (χ0) is 20.1. The van der Waals surface area contributed by atoms with Crippen molar-refractivity contribution in [3.63, 3.8) is 0 Å². The maximum absolute atomic E-state index is 6.14. The van der Waals surface area contributed by atoms with Crippen LogP contribution in [0.4, 0.5) is 0 Å². The normalized spacial score (nSPS) is 21.0. The zero-order valence-corrected chi connectivity index (χ0v) is 16.5. The SMILES string of the molecule is C=CCC(CC=C)(C1=N[C@@H](c2ccccc2)CO1)C1=N[C@@H](c2ccccc2)CO1. The Morgan fingerprint density at radius 1 is 0.759 bits per heavy atom. The van der Waals surface area contributed by atoms with E-state index in [2.05, 4.69) is 37.4 Å². The highest BCUT2D eigenvalue weighted by Crippen LogP contribution is 2.41. The molecule has 0 bridgehead atoms. The van der Waals surface area contributed by atoms with E-state index < -0.39 is 5.41 Å².